The second-order valence-corrected chi connectivity index (χ2v) is 10.3. The van der Waals surface area contributed by atoms with Crippen molar-refractivity contribution in [1.82, 2.24) is 14.3 Å². The molecule has 1 fully saturated rings. The summed E-state index contributed by atoms with van der Waals surface area (Å²) in [7, 11) is -3.21. The third-order valence-corrected chi connectivity index (χ3v) is 7.91. The van der Waals surface area contributed by atoms with Gasteiger partial charge in [0.1, 0.15) is 11.6 Å². The lowest BCUT2D eigenvalue weighted by atomic mass is 10.1. The molecule has 0 spiro atoms. The van der Waals surface area contributed by atoms with E-state index in [4.69, 9.17) is 4.98 Å². The molecular weight excluding hydrogens is 400 g/mol. The Morgan fingerprint density at radius 3 is 2.67 bits per heavy atom. The Morgan fingerprint density at radius 2 is 1.93 bits per heavy atom. The van der Waals surface area contributed by atoms with Crippen LogP contribution >= 0.6 is 0 Å². The minimum absolute atomic E-state index is 0.0304. The predicted molar refractivity (Wildman–Crippen MR) is 116 cm³/mol. The number of rotatable bonds is 7. The van der Waals surface area contributed by atoms with Crippen molar-refractivity contribution >= 4 is 21.7 Å². The first-order valence-corrected chi connectivity index (χ1v) is 12.2. The molecule has 0 aliphatic carbocycles. The standard InChI is InChI=1S/C22H28N4O3S/c1-3-30(28,29)25-13-11-18(15-25)21-23-16(2)19-14-20(27)26(22(19)24-21)12-7-10-17-8-5-4-6-9-17/h4-6,8-9,18H,3,7,10-15H2,1-2H3. The average molecular weight is 429 g/mol. The fraction of sp³-hybridized carbons (Fsp3) is 0.500. The highest BCUT2D eigenvalue weighted by Gasteiger charge is 2.36. The zero-order valence-corrected chi connectivity index (χ0v) is 18.4. The van der Waals surface area contributed by atoms with Gasteiger partial charge in [-0.2, -0.15) is 0 Å². The fourth-order valence-electron chi connectivity index (χ4n) is 4.27. The number of sulfonamides is 1. The number of anilines is 1. The Morgan fingerprint density at radius 1 is 1.17 bits per heavy atom. The van der Waals surface area contributed by atoms with Gasteiger partial charge in [0.25, 0.3) is 0 Å². The molecule has 2 aromatic rings. The van der Waals surface area contributed by atoms with Crippen LogP contribution in [0.15, 0.2) is 30.3 Å². The van der Waals surface area contributed by atoms with Crippen LogP contribution in [0.4, 0.5) is 5.82 Å². The largest absolute Gasteiger partial charge is 0.296 e. The van der Waals surface area contributed by atoms with Gasteiger partial charge in [0.15, 0.2) is 0 Å². The molecule has 0 radical (unpaired) electrons. The zero-order chi connectivity index (χ0) is 21.3. The first-order valence-electron chi connectivity index (χ1n) is 10.6. The van der Waals surface area contributed by atoms with Crippen LogP contribution < -0.4 is 4.90 Å². The molecule has 7 nitrogen and oxygen atoms in total. The number of benzene rings is 1. The molecule has 30 heavy (non-hydrogen) atoms. The van der Waals surface area contributed by atoms with Crippen molar-refractivity contribution in [2.24, 2.45) is 0 Å². The molecule has 2 aliphatic heterocycles. The highest BCUT2D eigenvalue weighted by Crippen LogP contribution is 2.33. The second-order valence-electron chi connectivity index (χ2n) is 8.02. The lowest BCUT2D eigenvalue weighted by molar-refractivity contribution is -0.117. The highest BCUT2D eigenvalue weighted by atomic mass is 32.2. The van der Waals surface area contributed by atoms with E-state index in [0.29, 0.717) is 44.1 Å². The summed E-state index contributed by atoms with van der Waals surface area (Å²) in [6.07, 6.45) is 2.82. The molecule has 0 N–H and O–H groups in total. The number of nitrogens with zero attached hydrogens (tertiary/aromatic N) is 4. The van der Waals surface area contributed by atoms with Crippen LogP contribution in [-0.4, -0.2) is 54.0 Å². The highest BCUT2D eigenvalue weighted by molar-refractivity contribution is 7.89. The Bertz CT molecular complexity index is 1040. The van der Waals surface area contributed by atoms with Crippen molar-refractivity contribution in [2.75, 3.05) is 30.3 Å². The van der Waals surface area contributed by atoms with Crippen LogP contribution in [0.5, 0.6) is 0 Å². The van der Waals surface area contributed by atoms with Crippen LogP contribution in [0.1, 0.15) is 48.3 Å². The summed E-state index contributed by atoms with van der Waals surface area (Å²) >= 11 is 0. The quantitative estimate of drug-likeness (QED) is 0.676. The van der Waals surface area contributed by atoms with E-state index in [1.165, 1.54) is 9.87 Å². The van der Waals surface area contributed by atoms with Gasteiger partial charge in [0, 0.05) is 36.8 Å². The van der Waals surface area contributed by atoms with Crippen molar-refractivity contribution < 1.29 is 13.2 Å². The van der Waals surface area contributed by atoms with Gasteiger partial charge in [-0.05, 0) is 38.7 Å². The van der Waals surface area contributed by atoms with E-state index in [2.05, 4.69) is 17.1 Å². The van der Waals surface area contributed by atoms with E-state index in [9.17, 15) is 13.2 Å². The van der Waals surface area contributed by atoms with Crippen LogP contribution in [0, 0.1) is 6.92 Å². The lowest BCUT2D eigenvalue weighted by Crippen LogP contribution is -2.30. The van der Waals surface area contributed by atoms with E-state index in [1.807, 2.05) is 25.1 Å². The summed E-state index contributed by atoms with van der Waals surface area (Å²) < 4.78 is 25.9. The van der Waals surface area contributed by atoms with Crippen LogP contribution in [0.2, 0.25) is 0 Å². The molecule has 1 aromatic carbocycles. The Balaban J connectivity index is 1.51. The zero-order valence-electron chi connectivity index (χ0n) is 17.5. The average Bonchev–Trinajstić information content (AvgIpc) is 3.35. The van der Waals surface area contributed by atoms with Crippen molar-refractivity contribution in [3.63, 3.8) is 0 Å². The molecule has 4 rings (SSSR count). The minimum Gasteiger partial charge on any atom is -0.296 e. The molecule has 1 unspecified atom stereocenters. The monoisotopic (exact) mass is 428 g/mol. The fourth-order valence-corrected chi connectivity index (χ4v) is 5.43. The van der Waals surface area contributed by atoms with Crippen LogP contribution in [0.3, 0.4) is 0 Å². The number of aromatic nitrogens is 2. The minimum atomic E-state index is -3.21. The summed E-state index contributed by atoms with van der Waals surface area (Å²) in [6.45, 7) is 5.12. The number of hydrogen-bond donors (Lipinski definition) is 0. The maximum atomic E-state index is 12.7. The molecular formula is C22H28N4O3S. The third-order valence-electron chi connectivity index (χ3n) is 6.06. The summed E-state index contributed by atoms with van der Waals surface area (Å²) in [5.74, 6) is 1.51. The van der Waals surface area contributed by atoms with Crippen molar-refractivity contribution in [2.45, 2.75) is 45.4 Å². The molecule has 1 atom stereocenters. The number of aryl methyl sites for hydroxylation is 2. The summed E-state index contributed by atoms with van der Waals surface area (Å²) in [4.78, 5) is 23.9. The number of hydrogen-bond acceptors (Lipinski definition) is 5. The molecule has 3 heterocycles. The van der Waals surface area contributed by atoms with Gasteiger partial charge < -0.3 is 0 Å². The third kappa shape index (κ3) is 4.11. The van der Waals surface area contributed by atoms with Crippen LogP contribution in [0.25, 0.3) is 0 Å². The van der Waals surface area contributed by atoms with E-state index in [1.54, 1.807) is 11.8 Å². The number of carbonyl (C=O) groups is 1. The first-order chi connectivity index (χ1) is 14.4. The SMILES string of the molecule is CCS(=O)(=O)N1CCC(c2nc(C)c3c(n2)N(CCCc2ccccc2)C(=O)C3)C1. The van der Waals surface area contributed by atoms with Gasteiger partial charge in [-0.3, -0.25) is 9.69 Å². The van der Waals surface area contributed by atoms with Gasteiger partial charge in [-0.25, -0.2) is 22.7 Å². The van der Waals surface area contributed by atoms with Gasteiger partial charge in [0.05, 0.1) is 12.2 Å². The van der Waals surface area contributed by atoms with Gasteiger partial charge >= 0.3 is 0 Å². The van der Waals surface area contributed by atoms with Gasteiger partial charge in [-0.15, -0.1) is 0 Å². The number of amides is 1. The van der Waals surface area contributed by atoms with E-state index in [-0.39, 0.29) is 17.6 Å². The topological polar surface area (TPSA) is 83.5 Å². The van der Waals surface area contributed by atoms with Crippen molar-refractivity contribution in [3.05, 3.63) is 53.0 Å². The molecule has 1 amide bonds. The van der Waals surface area contributed by atoms with Crippen molar-refractivity contribution in [1.29, 1.82) is 0 Å². The molecule has 0 bridgehead atoms. The van der Waals surface area contributed by atoms with E-state index in [0.717, 1.165) is 24.1 Å². The molecule has 1 saturated heterocycles. The molecule has 160 valence electrons. The summed E-state index contributed by atoms with van der Waals surface area (Å²) in [5, 5.41) is 0. The first kappa shape index (κ1) is 20.9. The number of fused-ring (bicyclic) bond motifs is 1. The van der Waals surface area contributed by atoms with Gasteiger partial charge in [-0.1, -0.05) is 30.3 Å². The Kier molecular flexibility index (Phi) is 5.88. The predicted octanol–water partition coefficient (Wildman–Crippen LogP) is 2.45. The van der Waals surface area contributed by atoms with Gasteiger partial charge in [0.2, 0.25) is 15.9 Å². The molecule has 8 heteroatoms. The lowest BCUT2D eigenvalue weighted by Gasteiger charge is -2.19. The molecule has 0 saturated carbocycles. The maximum absolute atomic E-state index is 12.7. The number of carbonyl (C=O) groups excluding carboxylic acids is 1. The molecule has 2 aliphatic rings. The van der Waals surface area contributed by atoms with Crippen LogP contribution in [-0.2, 0) is 27.7 Å². The summed E-state index contributed by atoms with van der Waals surface area (Å²) in [5.41, 5.74) is 2.98. The Labute approximate surface area is 178 Å². The smallest absolute Gasteiger partial charge is 0.232 e. The van der Waals surface area contributed by atoms with Crippen molar-refractivity contribution in [3.8, 4) is 0 Å². The molecule has 1 aromatic heterocycles. The second kappa shape index (κ2) is 8.43. The normalized spacial score (nSPS) is 19.5. The maximum Gasteiger partial charge on any atom is 0.232 e. The summed E-state index contributed by atoms with van der Waals surface area (Å²) in [6, 6.07) is 10.2. The van der Waals surface area contributed by atoms with E-state index >= 15 is 0 Å². The Hall–Kier alpha value is -2.32. The van der Waals surface area contributed by atoms with E-state index < -0.39 is 10.0 Å².